The molecule has 1 aromatic carbocycles. The van der Waals surface area contributed by atoms with Gasteiger partial charge in [0, 0.05) is 6.20 Å². The van der Waals surface area contributed by atoms with Crippen LogP contribution in [0.25, 0.3) is 5.69 Å². The number of methoxy groups -OCH3 is 1. The zero-order valence-electron chi connectivity index (χ0n) is 12.8. The molecule has 10 heteroatoms. The van der Waals surface area contributed by atoms with Gasteiger partial charge in [0.1, 0.15) is 11.8 Å². The lowest BCUT2D eigenvalue weighted by molar-refractivity contribution is 0.0593. The van der Waals surface area contributed by atoms with Crippen molar-refractivity contribution in [2.24, 2.45) is 0 Å². The van der Waals surface area contributed by atoms with Gasteiger partial charge < -0.3 is 20.1 Å². The van der Waals surface area contributed by atoms with Crippen LogP contribution in [0.3, 0.4) is 0 Å². The van der Waals surface area contributed by atoms with Gasteiger partial charge in [-0.1, -0.05) is 0 Å². The summed E-state index contributed by atoms with van der Waals surface area (Å²) in [6.07, 6.45) is 1.21. The third-order valence-corrected chi connectivity index (χ3v) is 4.74. The van der Waals surface area contributed by atoms with Crippen molar-refractivity contribution in [1.82, 2.24) is 9.29 Å². The van der Waals surface area contributed by atoms with Crippen LogP contribution in [0.4, 0.5) is 5.69 Å². The lowest BCUT2D eigenvalue weighted by atomic mass is 10.2. The van der Waals surface area contributed by atoms with Crippen LogP contribution in [0.15, 0.2) is 29.3 Å². The molecule has 126 valence electrons. The number of hydrogen-bond acceptors (Lipinski definition) is 7. The number of nitrogens with two attached hydrogens (primary N) is 1. The molecule has 0 atom stereocenters. The van der Waals surface area contributed by atoms with Crippen LogP contribution >= 0.6 is 0 Å². The summed E-state index contributed by atoms with van der Waals surface area (Å²) in [5.41, 5.74) is 5.39. The summed E-state index contributed by atoms with van der Waals surface area (Å²) in [7, 11) is -1.41. The van der Waals surface area contributed by atoms with Gasteiger partial charge in [-0.15, -0.1) is 0 Å². The molecule has 0 spiro atoms. The van der Waals surface area contributed by atoms with Gasteiger partial charge >= 0.3 is 5.97 Å². The molecule has 0 saturated heterocycles. The Morgan fingerprint density at radius 2 is 2.12 bits per heavy atom. The molecule has 0 radical (unpaired) electrons. The number of sulfonamides is 1. The van der Waals surface area contributed by atoms with Crippen LogP contribution in [0.1, 0.15) is 16.1 Å². The van der Waals surface area contributed by atoms with Gasteiger partial charge in [-0.3, -0.25) is 0 Å². The summed E-state index contributed by atoms with van der Waals surface area (Å²) < 4.78 is 31.8. The number of aromatic nitrogens is 1. The summed E-state index contributed by atoms with van der Waals surface area (Å²) in [6.45, 7) is 0. The molecule has 2 rings (SSSR count). The monoisotopic (exact) mass is 350 g/mol. The largest absolute Gasteiger partial charge is 0.506 e. The molecule has 0 fully saturated rings. The Hall–Kier alpha value is -3.03. The molecule has 0 aliphatic rings. The fourth-order valence-electron chi connectivity index (χ4n) is 2.09. The van der Waals surface area contributed by atoms with E-state index in [-0.39, 0.29) is 33.3 Å². The van der Waals surface area contributed by atoms with E-state index in [0.29, 0.717) is 0 Å². The van der Waals surface area contributed by atoms with Crippen molar-refractivity contribution in [3.8, 4) is 17.5 Å². The third kappa shape index (κ3) is 2.78. The van der Waals surface area contributed by atoms with Crippen molar-refractivity contribution in [2.45, 2.75) is 4.90 Å². The van der Waals surface area contributed by atoms with Crippen LogP contribution < -0.4 is 10.5 Å². The molecule has 0 aliphatic heterocycles. The van der Waals surface area contributed by atoms with Crippen LogP contribution in [0.5, 0.6) is 5.75 Å². The first-order chi connectivity index (χ1) is 11.3. The predicted molar refractivity (Wildman–Crippen MR) is 84.1 cm³/mol. The molecule has 0 unspecified atom stereocenters. The van der Waals surface area contributed by atoms with Crippen molar-refractivity contribution < 1.29 is 23.1 Å². The highest BCUT2D eigenvalue weighted by molar-refractivity contribution is 7.89. The highest BCUT2D eigenvalue weighted by atomic mass is 32.2. The highest BCUT2D eigenvalue weighted by Gasteiger charge is 2.24. The molecule has 1 heterocycles. The van der Waals surface area contributed by atoms with Crippen LogP contribution in [-0.2, 0) is 14.8 Å². The number of nitriles is 1. The number of nitrogens with one attached hydrogen (secondary N) is 1. The number of nitrogens with zero attached hydrogens (tertiary/aromatic N) is 2. The number of phenols is 1. The van der Waals surface area contributed by atoms with Gasteiger partial charge in [0.25, 0.3) is 0 Å². The average molecular weight is 350 g/mol. The topological polar surface area (TPSA) is 147 Å². The Labute approximate surface area is 137 Å². The van der Waals surface area contributed by atoms with Crippen molar-refractivity contribution in [1.29, 1.82) is 5.26 Å². The average Bonchev–Trinajstić information content (AvgIpc) is 2.90. The predicted octanol–water partition coefficient (Wildman–Crippen LogP) is 0.331. The first-order valence-corrected chi connectivity index (χ1v) is 8.01. The first-order valence-electron chi connectivity index (χ1n) is 6.53. The number of anilines is 1. The van der Waals surface area contributed by atoms with Crippen LogP contribution in [-0.4, -0.2) is 38.2 Å². The smallest absolute Gasteiger partial charge is 0.357 e. The number of phenolic OH excluding ortho intramolecular Hbond substituents is 1. The fourth-order valence-corrected chi connectivity index (χ4v) is 2.84. The normalized spacial score (nSPS) is 11.0. The number of aromatic hydroxyl groups is 1. The van der Waals surface area contributed by atoms with E-state index in [9.17, 15) is 18.3 Å². The molecule has 9 nitrogen and oxygen atoms in total. The van der Waals surface area contributed by atoms with E-state index in [1.54, 1.807) is 0 Å². The Balaban J connectivity index is 2.80. The first kappa shape index (κ1) is 17.3. The molecule has 2 aromatic rings. The number of rotatable bonds is 4. The van der Waals surface area contributed by atoms with E-state index < -0.39 is 16.0 Å². The maximum Gasteiger partial charge on any atom is 0.357 e. The summed E-state index contributed by atoms with van der Waals surface area (Å²) in [5.74, 6) is -1.15. The molecular formula is C14H14N4O5S. The van der Waals surface area contributed by atoms with Crippen LogP contribution in [0, 0.1) is 11.3 Å². The fraction of sp³-hybridized carbons (Fsp3) is 0.143. The van der Waals surface area contributed by atoms with E-state index in [1.165, 1.54) is 19.3 Å². The minimum absolute atomic E-state index is 0.0170. The number of carbonyl (C=O) groups excluding carboxylic acids is 1. The van der Waals surface area contributed by atoms with Gasteiger partial charge in [0.15, 0.2) is 5.69 Å². The lowest BCUT2D eigenvalue weighted by Crippen LogP contribution is -2.19. The summed E-state index contributed by atoms with van der Waals surface area (Å²) in [5, 5.41) is 19.2. The van der Waals surface area contributed by atoms with Gasteiger partial charge in [0.05, 0.1) is 28.9 Å². The maximum absolute atomic E-state index is 12.0. The molecule has 1 aromatic heterocycles. The minimum Gasteiger partial charge on any atom is -0.506 e. The molecule has 0 saturated carbocycles. The summed E-state index contributed by atoms with van der Waals surface area (Å²) >= 11 is 0. The molecule has 0 bridgehead atoms. The molecule has 0 amide bonds. The maximum atomic E-state index is 12.0. The zero-order chi connectivity index (χ0) is 18.1. The van der Waals surface area contributed by atoms with Gasteiger partial charge in [-0.2, -0.15) is 5.26 Å². The molecule has 0 aliphatic carbocycles. The van der Waals surface area contributed by atoms with Gasteiger partial charge in [-0.05, 0) is 25.2 Å². The second-order valence-corrected chi connectivity index (χ2v) is 6.52. The third-order valence-electron chi connectivity index (χ3n) is 3.33. The number of ether oxygens (including phenoxy) is 1. The Kier molecular flexibility index (Phi) is 4.50. The quantitative estimate of drug-likeness (QED) is 0.673. The number of nitrogen functional groups attached to an aromatic ring is 1. The molecule has 24 heavy (non-hydrogen) atoms. The Bertz CT molecular complexity index is 956. The number of benzene rings is 1. The van der Waals surface area contributed by atoms with E-state index >= 15 is 0 Å². The lowest BCUT2D eigenvalue weighted by Gasteiger charge is -2.12. The van der Waals surface area contributed by atoms with Crippen molar-refractivity contribution in [3.05, 3.63) is 35.7 Å². The van der Waals surface area contributed by atoms with E-state index in [1.807, 2.05) is 6.07 Å². The highest BCUT2D eigenvalue weighted by Crippen LogP contribution is 2.31. The van der Waals surface area contributed by atoms with Crippen molar-refractivity contribution in [3.63, 3.8) is 0 Å². The van der Waals surface area contributed by atoms with Crippen molar-refractivity contribution in [2.75, 3.05) is 19.9 Å². The zero-order valence-corrected chi connectivity index (χ0v) is 13.6. The minimum atomic E-state index is -3.78. The molecular weight excluding hydrogens is 336 g/mol. The van der Waals surface area contributed by atoms with Crippen molar-refractivity contribution >= 4 is 21.7 Å². The second-order valence-electron chi connectivity index (χ2n) is 4.64. The van der Waals surface area contributed by atoms with E-state index in [0.717, 1.165) is 23.8 Å². The van der Waals surface area contributed by atoms with Gasteiger partial charge in [-0.25, -0.2) is 17.9 Å². The van der Waals surface area contributed by atoms with Crippen LogP contribution in [0.2, 0.25) is 0 Å². The number of hydrogen-bond donors (Lipinski definition) is 3. The summed E-state index contributed by atoms with van der Waals surface area (Å²) in [4.78, 5) is 11.8. The summed E-state index contributed by atoms with van der Waals surface area (Å²) in [6, 6.07) is 5.31. The number of esters is 1. The Morgan fingerprint density at radius 3 is 2.67 bits per heavy atom. The van der Waals surface area contributed by atoms with Gasteiger partial charge in [0.2, 0.25) is 10.0 Å². The van der Waals surface area contributed by atoms with E-state index in [2.05, 4.69) is 9.46 Å². The second kappa shape index (κ2) is 6.23. The number of carbonyl (C=O) groups is 1. The van der Waals surface area contributed by atoms with E-state index in [4.69, 9.17) is 11.0 Å². The Morgan fingerprint density at radius 1 is 1.46 bits per heavy atom. The standard InChI is InChI=1S/C14H14N4O5S/c1-17-24(21,22)9-3-4-11(19)10(5-9)18-7-8(6-15)12(16)13(18)14(20)23-2/h3-5,7,17,19H,16H2,1-2H3. The molecule has 4 N–H and O–H groups in total. The SMILES string of the molecule is CNS(=O)(=O)c1ccc(O)c(-n2cc(C#N)c(N)c2C(=O)OC)c1.